The number of fused-ring (bicyclic) bond motifs is 1. The van der Waals surface area contributed by atoms with Crippen LogP contribution in [0, 0.1) is 0 Å². The third-order valence-electron chi connectivity index (χ3n) is 4.52. The maximum Gasteiger partial charge on any atom is 0.241 e. The minimum atomic E-state index is -0.200. The number of carbonyl (C=O) groups excluding carboxylic acids is 1. The third-order valence-corrected chi connectivity index (χ3v) is 4.52. The Morgan fingerprint density at radius 3 is 2.67 bits per heavy atom. The van der Waals surface area contributed by atoms with Gasteiger partial charge in [0.25, 0.3) is 0 Å². The number of hydrazone groups is 1. The van der Waals surface area contributed by atoms with Gasteiger partial charge in [0.15, 0.2) is 0 Å². The molecule has 1 aromatic heterocycles. The second kappa shape index (κ2) is 9.47. The van der Waals surface area contributed by atoms with Crippen molar-refractivity contribution in [2.24, 2.45) is 5.10 Å². The molecule has 1 N–H and O–H groups in total. The predicted octanol–water partition coefficient (Wildman–Crippen LogP) is 3.55. The van der Waals surface area contributed by atoms with Crippen LogP contribution in [-0.2, 0) is 17.9 Å². The van der Waals surface area contributed by atoms with Crippen LogP contribution in [0.1, 0.15) is 17.5 Å². The van der Waals surface area contributed by atoms with Crippen LogP contribution in [0.15, 0.2) is 84.0 Å². The van der Waals surface area contributed by atoms with Gasteiger partial charge in [-0.15, -0.1) is 5.10 Å². The van der Waals surface area contributed by atoms with E-state index in [0.29, 0.717) is 18.9 Å². The summed E-state index contributed by atoms with van der Waals surface area (Å²) < 4.78 is 7.61. The fourth-order valence-corrected chi connectivity index (χ4v) is 2.97. The number of hydrogen-bond donors (Lipinski definition) is 1. The molecule has 4 aromatic rings. The first-order valence-corrected chi connectivity index (χ1v) is 9.65. The number of nitrogens with one attached hydrogen (secondary N) is 1. The lowest BCUT2D eigenvalue weighted by Gasteiger charge is -2.09. The molecule has 1 amide bonds. The summed E-state index contributed by atoms with van der Waals surface area (Å²) in [6.07, 6.45) is 1.83. The molecule has 150 valence electrons. The van der Waals surface area contributed by atoms with Crippen LogP contribution in [0.25, 0.3) is 11.0 Å². The maximum atomic E-state index is 12.1. The number of ether oxygens (including phenoxy) is 1. The number of hydrogen-bond acceptors (Lipinski definition) is 5. The lowest BCUT2D eigenvalue weighted by molar-refractivity contribution is -0.121. The van der Waals surface area contributed by atoms with Gasteiger partial charge in [0.2, 0.25) is 5.91 Å². The Balaban J connectivity index is 1.31. The zero-order valence-electron chi connectivity index (χ0n) is 16.3. The fourth-order valence-electron chi connectivity index (χ4n) is 2.97. The molecule has 1 heterocycles. The SMILES string of the molecule is O=C(CCn1nnc2ccccc21)NN=Cc1ccccc1OCc1ccccc1. The van der Waals surface area contributed by atoms with Gasteiger partial charge in [-0.3, -0.25) is 4.79 Å². The van der Waals surface area contributed by atoms with Gasteiger partial charge in [0, 0.05) is 12.0 Å². The van der Waals surface area contributed by atoms with Gasteiger partial charge in [-0.1, -0.05) is 59.8 Å². The van der Waals surface area contributed by atoms with E-state index < -0.39 is 0 Å². The van der Waals surface area contributed by atoms with Crippen molar-refractivity contribution in [2.45, 2.75) is 19.6 Å². The zero-order valence-corrected chi connectivity index (χ0v) is 16.3. The van der Waals surface area contributed by atoms with Gasteiger partial charge < -0.3 is 4.74 Å². The van der Waals surface area contributed by atoms with Crippen LogP contribution in [0.3, 0.4) is 0 Å². The van der Waals surface area contributed by atoms with E-state index in [9.17, 15) is 4.79 Å². The van der Waals surface area contributed by atoms with Crippen molar-refractivity contribution in [2.75, 3.05) is 0 Å². The molecule has 30 heavy (non-hydrogen) atoms. The summed E-state index contributed by atoms with van der Waals surface area (Å²) in [5.41, 5.74) is 6.14. The molecule has 0 unspecified atom stereocenters. The smallest absolute Gasteiger partial charge is 0.241 e. The largest absolute Gasteiger partial charge is 0.488 e. The average molecular weight is 399 g/mol. The number of aromatic nitrogens is 3. The summed E-state index contributed by atoms with van der Waals surface area (Å²) >= 11 is 0. The number of rotatable bonds is 8. The summed E-state index contributed by atoms with van der Waals surface area (Å²) in [5, 5.41) is 12.2. The van der Waals surface area contributed by atoms with Crippen LogP contribution in [-0.4, -0.2) is 27.1 Å². The summed E-state index contributed by atoms with van der Waals surface area (Å²) in [6, 6.07) is 25.1. The molecule has 0 spiro atoms. The number of nitrogens with zero attached hydrogens (tertiary/aromatic N) is 4. The van der Waals surface area contributed by atoms with Crippen molar-refractivity contribution in [3.63, 3.8) is 0 Å². The van der Waals surface area contributed by atoms with E-state index in [0.717, 1.165) is 22.2 Å². The van der Waals surface area contributed by atoms with Crippen LogP contribution >= 0.6 is 0 Å². The number of para-hydroxylation sites is 2. The van der Waals surface area contributed by atoms with Crippen molar-refractivity contribution >= 4 is 23.2 Å². The quantitative estimate of drug-likeness (QED) is 0.363. The Hall–Kier alpha value is -4.00. The fraction of sp³-hybridized carbons (Fsp3) is 0.130. The van der Waals surface area contributed by atoms with Crippen molar-refractivity contribution in [1.29, 1.82) is 0 Å². The number of aryl methyl sites for hydroxylation is 1. The molecule has 7 heteroatoms. The maximum absolute atomic E-state index is 12.1. The van der Waals surface area contributed by atoms with Crippen LogP contribution in [0.4, 0.5) is 0 Å². The monoisotopic (exact) mass is 399 g/mol. The highest BCUT2D eigenvalue weighted by atomic mass is 16.5. The molecule has 0 saturated heterocycles. The Labute approximate surface area is 174 Å². The van der Waals surface area contributed by atoms with Crippen LogP contribution in [0.5, 0.6) is 5.75 Å². The molecule has 7 nitrogen and oxygen atoms in total. The van der Waals surface area contributed by atoms with E-state index in [1.807, 2.05) is 78.9 Å². The summed E-state index contributed by atoms with van der Waals surface area (Å²) in [7, 11) is 0. The summed E-state index contributed by atoms with van der Waals surface area (Å²) in [4.78, 5) is 12.1. The molecule has 0 fully saturated rings. The summed E-state index contributed by atoms with van der Waals surface area (Å²) in [6.45, 7) is 0.891. The van der Waals surface area contributed by atoms with E-state index in [1.54, 1.807) is 10.9 Å². The highest BCUT2D eigenvalue weighted by molar-refractivity contribution is 5.85. The molecule has 0 aliphatic heterocycles. The second-order valence-electron chi connectivity index (χ2n) is 6.66. The Morgan fingerprint density at radius 2 is 1.77 bits per heavy atom. The molecule has 0 atom stereocenters. The van der Waals surface area contributed by atoms with Crippen molar-refractivity contribution in [3.8, 4) is 5.75 Å². The Kier molecular flexibility index (Phi) is 6.10. The third kappa shape index (κ3) is 4.88. The lowest BCUT2D eigenvalue weighted by atomic mass is 10.2. The molecule has 0 saturated carbocycles. The normalized spacial score (nSPS) is 11.1. The van der Waals surface area contributed by atoms with Gasteiger partial charge in [-0.05, 0) is 29.8 Å². The van der Waals surface area contributed by atoms with Crippen molar-refractivity contribution in [3.05, 3.63) is 90.0 Å². The standard InChI is InChI=1S/C23H21N5O2/c29-23(14-15-28-21-12-6-5-11-20(21)25-27-28)26-24-16-19-10-4-7-13-22(19)30-17-18-8-2-1-3-9-18/h1-13,16H,14-15,17H2,(H,26,29). The molecule has 4 rings (SSSR count). The number of benzene rings is 3. The number of carbonyl (C=O) groups is 1. The summed E-state index contributed by atoms with van der Waals surface area (Å²) in [5.74, 6) is 0.502. The zero-order chi connectivity index (χ0) is 20.6. The predicted molar refractivity (Wildman–Crippen MR) is 115 cm³/mol. The van der Waals surface area contributed by atoms with E-state index in [4.69, 9.17) is 4.74 Å². The second-order valence-corrected chi connectivity index (χ2v) is 6.66. The van der Waals surface area contributed by atoms with Crippen LogP contribution < -0.4 is 10.2 Å². The lowest BCUT2D eigenvalue weighted by Crippen LogP contribution is -2.19. The highest BCUT2D eigenvalue weighted by Crippen LogP contribution is 2.17. The first-order chi connectivity index (χ1) is 14.8. The first kappa shape index (κ1) is 19.3. The topological polar surface area (TPSA) is 81.4 Å². The van der Waals surface area contributed by atoms with E-state index >= 15 is 0 Å². The van der Waals surface area contributed by atoms with Crippen molar-refractivity contribution in [1.82, 2.24) is 20.4 Å². The van der Waals surface area contributed by atoms with Gasteiger partial charge in [0.05, 0.1) is 18.3 Å². The molecule has 0 radical (unpaired) electrons. The molecular weight excluding hydrogens is 378 g/mol. The molecule has 3 aromatic carbocycles. The Morgan fingerprint density at radius 1 is 1.00 bits per heavy atom. The Bertz CT molecular complexity index is 1150. The molecule has 0 aliphatic rings. The van der Waals surface area contributed by atoms with Gasteiger partial charge >= 0.3 is 0 Å². The molecular formula is C23H21N5O2. The average Bonchev–Trinajstić information content (AvgIpc) is 3.21. The first-order valence-electron chi connectivity index (χ1n) is 9.65. The molecule has 0 aliphatic carbocycles. The minimum Gasteiger partial charge on any atom is -0.488 e. The minimum absolute atomic E-state index is 0.200. The van der Waals surface area contributed by atoms with E-state index in [2.05, 4.69) is 20.8 Å². The van der Waals surface area contributed by atoms with Crippen LogP contribution in [0.2, 0.25) is 0 Å². The number of amides is 1. The van der Waals surface area contributed by atoms with E-state index in [1.165, 1.54) is 0 Å². The van der Waals surface area contributed by atoms with Gasteiger partial charge in [-0.2, -0.15) is 5.10 Å². The highest BCUT2D eigenvalue weighted by Gasteiger charge is 2.06. The van der Waals surface area contributed by atoms with Crippen molar-refractivity contribution < 1.29 is 9.53 Å². The van der Waals surface area contributed by atoms with E-state index in [-0.39, 0.29) is 12.3 Å². The molecule has 0 bridgehead atoms. The van der Waals surface area contributed by atoms with Gasteiger partial charge in [0.1, 0.15) is 17.9 Å². The van der Waals surface area contributed by atoms with Gasteiger partial charge in [-0.25, -0.2) is 10.1 Å².